The number of carbonyl (C=O) groups is 2. The van der Waals surface area contributed by atoms with Gasteiger partial charge in [-0.05, 0) is 138 Å². The molecule has 0 radical (unpaired) electrons. The number of aromatic amines is 1. The molecule has 2 heterocycles. The summed E-state index contributed by atoms with van der Waals surface area (Å²) in [6.07, 6.45) is 15.1. The lowest BCUT2D eigenvalue weighted by Gasteiger charge is -2.26. The van der Waals surface area contributed by atoms with Gasteiger partial charge in [-0.3, -0.25) is 10.1 Å². The van der Waals surface area contributed by atoms with Crippen LogP contribution in [0.2, 0.25) is 0 Å². The molecule has 0 saturated heterocycles. The van der Waals surface area contributed by atoms with Crippen molar-refractivity contribution in [1.82, 2.24) is 15.2 Å². The first-order valence-electron chi connectivity index (χ1n) is 22.0. The van der Waals surface area contributed by atoms with Gasteiger partial charge in [0.2, 0.25) is 0 Å². The van der Waals surface area contributed by atoms with Crippen molar-refractivity contribution in [3.8, 4) is 23.0 Å². The van der Waals surface area contributed by atoms with E-state index in [-0.39, 0.29) is 24.1 Å². The van der Waals surface area contributed by atoms with Gasteiger partial charge in [0.05, 0.1) is 75.6 Å². The molecule has 336 valence electrons. The lowest BCUT2D eigenvalue weighted by molar-refractivity contribution is 0.0517. The quantitative estimate of drug-likeness (QED) is 0.0822. The lowest BCUT2D eigenvalue weighted by atomic mass is 10.1. The SMILES string of the molecule is CCOC(=O)c1ccc(N(Cc2cn[nH]c2)c2ccc(OC)c(OC3CCCC3)c2)cc1.CCOC(=O)c1ccc(N(Cc2cncs2)c2ccc(OC)c(OC3CCCC3)c2)cc1. The minimum absolute atomic E-state index is 0.227. The zero-order chi connectivity index (χ0) is 44.7. The van der Waals surface area contributed by atoms with Gasteiger partial charge < -0.3 is 38.2 Å². The number of thiazole rings is 1. The minimum Gasteiger partial charge on any atom is -0.493 e. The molecule has 0 atom stereocenters. The minimum atomic E-state index is -0.322. The monoisotopic (exact) mass is 887 g/mol. The van der Waals surface area contributed by atoms with Gasteiger partial charge in [-0.15, -0.1) is 11.3 Å². The number of anilines is 4. The van der Waals surface area contributed by atoms with Crippen LogP contribution < -0.4 is 28.7 Å². The van der Waals surface area contributed by atoms with Crippen LogP contribution in [0, 0.1) is 0 Å². The molecule has 14 heteroatoms. The van der Waals surface area contributed by atoms with E-state index in [4.69, 9.17) is 28.4 Å². The summed E-state index contributed by atoms with van der Waals surface area (Å²) in [4.78, 5) is 33.8. The Morgan fingerprint density at radius 2 is 1.09 bits per heavy atom. The summed E-state index contributed by atoms with van der Waals surface area (Å²) < 4.78 is 34.0. The van der Waals surface area contributed by atoms with Gasteiger partial charge in [-0.1, -0.05) is 0 Å². The predicted octanol–water partition coefficient (Wildman–Crippen LogP) is 11.2. The van der Waals surface area contributed by atoms with Crippen molar-refractivity contribution in [2.24, 2.45) is 0 Å². The van der Waals surface area contributed by atoms with E-state index >= 15 is 0 Å². The van der Waals surface area contributed by atoms with Gasteiger partial charge in [0.25, 0.3) is 0 Å². The number of nitrogens with one attached hydrogen (secondary N) is 1. The van der Waals surface area contributed by atoms with Crippen LogP contribution in [0.1, 0.15) is 96.4 Å². The number of methoxy groups -OCH3 is 2. The van der Waals surface area contributed by atoms with Gasteiger partial charge in [-0.25, -0.2) is 9.59 Å². The zero-order valence-corrected chi connectivity index (χ0v) is 37.8. The summed E-state index contributed by atoms with van der Waals surface area (Å²) in [6.45, 7) is 5.56. The van der Waals surface area contributed by atoms with E-state index in [9.17, 15) is 9.59 Å². The van der Waals surface area contributed by atoms with E-state index < -0.39 is 0 Å². The number of ether oxygens (including phenoxy) is 6. The smallest absolute Gasteiger partial charge is 0.338 e. The highest BCUT2D eigenvalue weighted by atomic mass is 32.1. The number of hydrogen-bond acceptors (Lipinski definition) is 13. The second-order valence-electron chi connectivity index (χ2n) is 15.5. The van der Waals surface area contributed by atoms with E-state index in [1.807, 2.05) is 78.6 Å². The van der Waals surface area contributed by atoms with Crippen LogP contribution in [0.5, 0.6) is 23.0 Å². The van der Waals surface area contributed by atoms with E-state index in [2.05, 4.69) is 25.0 Å². The average molecular weight is 888 g/mol. The summed E-state index contributed by atoms with van der Waals surface area (Å²) in [6, 6.07) is 26.9. The molecule has 13 nitrogen and oxygen atoms in total. The Morgan fingerprint density at radius 3 is 1.50 bits per heavy atom. The molecule has 0 spiro atoms. The fraction of sp³-hybridized carbons (Fsp3) is 0.360. The summed E-state index contributed by atoms with van der Waals surface area (Å²) in [5, 5.41) is 6.95. The van der Waals surface area contributed by atoms with E-state index in [0.29, 0.717) is 37.4 Å². The summed E-state index contributed by atoms with van der Waals surface area (Å²) >= 11 is 1.61. The fourth-order valence-corrected chi connectivity index (χ4v) is 8.47. The molecular weight excluding hydrogens is 831 g/mol. The second kappa shape index (κ2) is 22.7. The Hall–Kier alpha value is -6.54. The van der Waals surface area contributed by atoms with Crippen LogP contribution in [0.15, 0.2) is 109 Å². The van der Waals surface area contributed by atoms with Gasteiger partial charge >= 0.3 is 11.9 Å². The molecular formula is C50H57N5O8S. The largest absolute Gasteiger partial charge is 0.493 e. The third kappa shape index (κ3) is 11.9. The first-order valence-corrected chi connectivity index (χ1v) is 22.9. The molecule has 1 N–H and O–H groups in total. The Kier molecular flexibility index (Phi) is 16.1. The van der Waals surface area contributed by atoms with Gasteiger partial charge in [-0.2, -0.15) is 5.10 Å². The first kappa shape index (κ1) is 45.5. The van der Waals surface area contributed by atoms with Gasteiger partial charge in [0.15, 0.2) is 23.0 Å². The van der Waals surface area contributed by atoms with Crippen molar-refractivity contribution in [1.29, 1.82) is 0 Å². The van der Waals surface area contributed by atoms with E-state index in [0.717, 1.165) is 81.9 Å². The molecule has 0 bridgehead atoms. The standard InChI is InChI=1S/C25H29N3O4.C25H28N2O4S/c1-3-31-25(29)19-8-10-20(11-9-19)28(17-18-15-26-27-16-18)21-12-13-23(30-2)24(14-21)32-22-6-4-5-7-22;1-3-30-25(28)18-8-10-19(11-9-18)27(16-22-15-26-17-32-22)20-12-13-23(29-2)24(14-20)31-21-6-4-5-7-21/h8-16,22H,3-7,17H2,1-2H3,(H,26,27);8-15,17,21H,3-7,16H2,1-2H3. The van der Waals surface area contributed by atoms with Crippen molar-refractivity contribution in [3.05, 3.63) is 131 Å². The van der Waals surface area contributed by atoms with Crippen molar-refractivity contribution < 1.29 is 38.0 Å². The van der Waals surface area contributed by atoms with E-state index in [1.54, 1.807) is 69.9 Å². The van der Waals surface area contributed by atoms with Crippen LogP contribution in [0.3, 0.4) is 0 Å². The Morgan fingerprint density at radius 1 is 0.625 bits per heavy atom. The molecule has 0 amide bonds. The van der Waals surface area contributed by atoms with Crippen LogP contribution in [0.25, 0.3) is 0 Å². The summed E-state index contributed by atoms with van der Waals surface area (Å²) in [5.41, 5.74) is 7.78. The lowest BCUT2D eigenvalue weighted by Crippen LogP contribution is -2.17. The van der Waals surface area contributed by atoms with Crippen LogP contribution in [0.4, 0.5) is 22.7 Å². The Balaban J connectivity index is 0.000000191. The predicted molar refractivity (Wildman–Crippen MR) is 249 cm³/mol. The molecule has 0 aliphatic heterocycles. The van der Waals surface area contributed by atoms with Gasteiger partial charge in [0, 0.05) is 57.7 Å². The van der Waals surface area contributed by atoms with Crippen molar-refractivity contribution in [2.75, 3.05) is 37.2 Å². The third-order valence-corrected chi connectivity index (χ3v) is 11.9. The number of rotatable bonds is 18. The number of carbonyl (C=O) groups excluding carboxylic acids is 2. The molecule has 2 fully saturated rings. The topological polar surface area (TPSA) is 138 Å². The van der Waals surface area contributed by atoms with Gasteiger partial charge in [0.1, 0.15) is 0 Å². The Labute approximate surface area is 379 Å². The number of H-pyrrole nitrogens is 1. The number of esters is 2. The maximum Gasteiger partial charge on any atom is 0.338 e. The number of aromatic nitrogens is 3. The van der Waals surface area contributed by atoms with E-state index in [1.165, 1.54) is 25.7 Å². The highest BCUT2D eigenvalue weighted by Crippen LogP contribution is 2.40. The third-order valence-electron chi connectivity index (χ3n) is 11.2. The molecule has 8 rings (SSSR count). The van der Waals surface area contributed by atoms with Crippen LogP contribution in [-0.2, 0) is 22.6 Å². The van der Waals surface area contributed by atoms with Crippen molar-refractivity contribution >= 4 is 46.0 Å². The summed E-state index contributed by atoms with van der Waals surface area (Å²) in [5.74, 6) is 2.33. The maximum atomic E-state index is 12.1. The Bertz CT molecular complexity index is 2200. The van der Waals surface area contributed by atoms with Crippen molar-refractivity contribution in [3.63, 3.8) is 0 Å². The van der Waals surface area contributed by atoms with Crippen LogP contribution >= 0.6 is 11.3 Å². The molecule has 2 aliphatic carbocycles. The zero-order valence-electron chi connectivity index (χ0n) is 37.0. The average Bonchev–Trinajstić information content (AvgIpc) is 4.19. The number of nitrogens with zero attached hydrogens (tertiary/aromatic N) is 4. The molecule has 2 aliphatic rings. The normalized spacial score (nSPS) is 13.7. The van der Waals surface area contributed by atoms with Crippen molar-refractivity contribution in [2.45, 2.75) is 90.5 Å². The highest BCUT2D eigenvalue weighted by molar-refractivity contribution is 7.09. The fourth-order valence-electron chi connectivity index (χ4n) is 7.89. The molecule has 6 aromatic rings. The highest BCUT2D eigenvalue weighted by Gasteiger charge is 2.23. The molecule has 64 heavy (non-hydrogen) atoms. The number of benzene rings is 4. The molecule has 4 aromatic carbocycles. The summed E-state index contributed by atoms with van der Waals surface area (Å²) in [7, 11) is 3.33. The van der Waals surface area contributed by atoms with Crippen LogP contribution in [-0.4, -0.2) is 66.8 Å². The first-order chi connectivity index (χ1) is 31.3. The molecule has 0 unspecified atom stereocenters. The second-order valence-corrected chi connectivity index (χ2v) is 16.5. The number of hydrogen-bond donors (Lipinski definition) is 1. The molecule has 2 aromatic heterocycles. The maximum absolute atomic E-state index is 12.1. The molecule has 2 saturated carbocycles.